The van der Waals surface area contributed by atoms with Gasteiger partial charge in [-0.25, -0.2) is 0 Å². The molecule has 0 aliphatic carbocycles. The van der Waals surface area contributed by atoms with Crippen LogP contribution in [0.5, 0.6) is 0 Å². The Morgan fingerprint density at radius 3 is 2.61 bits per heavy atom. The van der Waals surface area contributed by atoms with Crippen LogP contribution in [0.1, 0.15) is 30.6 Å². The third-order valence-corrected chi connectivity index (χ3v) is 3.10. The van der Waals surface area contributed by atoms with Crippen molar-refractivity contribution in [3.8, 4) is 0 Å². The van der Waals surface area contributed by atoms with Gasteiger partial charge in [-0.1, -0.05) is 35.9 Å². The Kier molecular flexibility index (Phi) is 4.33. The van der Waals surface area contributed by atoms with E-state index in [9.17, 15) is 0 Å². The predicted octanol–water partition coefficient (Wildman–Crippen LogP) is 2.56. The van der Waals surface area contributed by atoms with Crippen LogP contribution in [-0.2, 0) is 7.05 Å². The number of hydrogen-bond donors (Lipinski definition) is 1. The van der Waals surface area contributed by atoms with Gasteiger partial charge in [-0.05, 0) is 30.7 Å². The van der Waals surface area contributed by atoms with Gasteiger partial charge in [0.2, 0.25) is 0 Å². The Bertz CT molecular complexity index is 492. The first-order chi connectivity index (χ1) is 8.72. The fourth-order valence-corrected chi connectivity index (χ4v) is 2.02. The average molecular weight is 265 g/mol. The van der Waals surface area contributed by atoms with Gasteiger partial charge in [-0.2, -0.15) is 0 Å². The molecule has 1 heterocycles. The zero-order valence-corrected chi connectivity index (χ0v) is 11.4. The maximum absolute atomic E-state index is 5.93. The molecule has 0 aliphatic rings. The molecule has 96 valence electrons. The monoisotopic (exact) mass is 264 g/mol. The van der Waals surface area contributed by atoms with Gasteiger partial charge < -0.3 is 5.32 Å². The highest BCUT2D eigenvalue weighted by Crippen LogP contribution is 2.22. The molecule has 0 aliphatic heterocycles. The van der Waals surface area contributed by atoms with Crippen molar-refractivity contribution in [2.24, 2.45) is 7.05 Å². The van der Waals surface area contributed by atoms with E-state index in [4.69, 9.17) is 11.6 Å². The first-order valence-electron chi connectivity index (χ1n) is 6.05. The smallest absolute Gasteiger partial charge is 0.0798 e. The van der Waals surface area contributed by atoms with E-state index in [2.05, 4.69) is 22.6 Å². The number of rotatable bonds is 5. The van der Waals surface area contributed by atoms with Crippen LogP contribution in [-0.4, -0.2) is 21.5 Å². The Balaban J connectivity index is 2.30. The van der Waals surface area contributed by atoms with Gasteiger partial charge in [-0.15, -0.1) is 5.10 Å². The Morgan fingerprint density at radius 1 is 1.33 bits per heavy atom. The second kappa shape index (κ2) is 5.98. The van der Waals surface area contributed by atoms with E-state index in [1.165, 1.54) is 5.56 Å². The standard InChI is InChI=1S/C13H17ClN4/c1-3-8-15-13(12-9-16-17-18(12)2)10-4-6-11(14)7-5-10/h4-7,9,13,15H,3,8H2,1-2H3. The first kappa shape index (κ1) is 13.1. The van der Waals surface area contributed by atoms with Crippen LogP contribution in [0, 0.1) is 0 Å². The summed E-state index contributed by atoms with van der Waals surface area (Å²) in [4.78, 5) is 0. The molecule has 18 heavy (non-hydrogen) atoms. The highest BCUT2D eigenvalue weighted by atomic mass is 35.5. The fraction of sp³-hybridized carbons (Fsp3) is 0.385. The van der Waals surface area contributed by atoms with Crippen molar-refractivity contribution in [2.75, 3.05) is 6.54 Å². The summed E-state index contributed by atoms with van der Waals surface area (Å²) in [6.07, 6.45) is 2.87. The lowest BCUT2D eigenvalue weighted by atomic mass is 10.0. The molecule has 2 rings (SSSR count). The summed E-state index contributed by atoms with van der Waals surface area (Å²) >= 11 is 5.93. The fourth-order valence-electron chi connectivity index (χ4n) is 1.90. The minimum Gasteiger partial charge on any atom is -0.305 e. The van der Waals surface area contributed by atoms with Gasteiger partial charge in [-0.3, -0.25) is 4.68 Å². The van der Waals surface area contributed by atoms with Crippen LogP contribution in [0.4, 0.5) is 0 Å². The maximum atomic E-state index is 5.93. The van der Waals surface area contributed by atoms with Crippen molar-refractivity contribution in [2.45, 2.75) is 19.4 Å². The normalized spacial score (nSPS) is 12.6. The molecule has 1 N–H and O–H groups in total. The number of aromatic nitrogens is 3. The van der Waals surface area contributed by atoms with E-state index in [1.807, 2.05) is 31.3 Å². The van der Waals surface area contributed by atoms with Crippen LogP contribution >= 0.6 is 11.6 Å². The van der Waals surface area contributed by atoms with Crippen molar-refractivity contribution < 1.29 is 0 Å². The van der Waals surface area contributed by atoms with E-state index in [0.29, 0.717) is 0 Å². The van der Waals surface area contributed by atoms with Gasteiger partial charge in [0.05, 0.1) is 17.9 Å². The molecular weight excluding hydrogens is 248 g/mol. The minimum atomic E-state index is 0.0993. The van der Waals surface area contributed by atoms with Crippen LogP contribution < -0.4 is 5.32 Å². The number of hydrogen-bond acceptors (Lipinski definition) is 3. The lowest BCUT2D eigenvalue weighted by Gasteiger charge is -2.18. The molecule has 0 saturated carbocycles. The zero-order chi connectivity index (χ0) is 13.0. The largest absolute Gasteiger partial charge is 0.305 e. The molecule has 1 unspecified atom stereocenters. The summed E-state index contributed by atoms with van der Waals surface area (Å²) in [5.41, 5.74) is 2.21. The number of aryl methyl sites for hydroxylation is 1. The van der Waals surface area contributed by atoms with Crippen molar-refractivity contribution >= 4 is 11.6 Å². The predicted molar refractivity (Wildman–Crippen MR) is 72.6 cm³/mol. The van der Waals surface area contributed by atoms with Gasteiger partial charge in [0, 0.05) is 12.1 Å². The molecular formula is C13H17ClN4. The lowest BCUT2D eigenvalue weighted by Crippen LogP contribution is -2.25. The average Bonchev–Trinajstić information content (AvgIpc) is 2.78. The molecule has 5 heteroatoms. The third kappa shape index (κ3) is 2.89. The second-order valence-corrected chi connectivity index (χ2v) is 4.66. The maximum Gasteiger partial charge on any atom is 0.0798 e. The molecule has 1 atom stereocenters. The van der Waals surface area contributed by atoms with Crippen molar-refractivity contribution in [1.82, 2.24) is 20.3 Å². The van der Waals surface area contributed by atoms with Crippen LogP contribution in [0.15, 0.2) is 30.5 Å². The number of benzene rings is 1. The van der Waals surface area contributed by atoms with E-state index < -0.39 is 0 Å². The van der Waals surface area contributed by atoms with Crippen LogP contribution in [0.3, 0.4) is 0 Å². The first-order valence-corrected chi connectivity index (χ1v) is 6.43. The third-order valence-electron chi connectivity index (χ3n) is 2.85. The summed E-state index contributed by atoms with van der Waals surface area (Å²) < 4.78 is 1.79. The highest BCUT2D eigenvalue weighted by Gasteiger charge is 2.16. The molecule has 0 spiro atoms. The Morgan fingerprint density at radius 2 is 2.06 bits per heavy atom. The minimum absolute atomic E-state index is 0.0993. The summed E-state index contributed by atoms with van der Waals surface area (Å²) in [6.45, 7) is 3.09. The number of halogens is 1. The van der Waals surface area contributed by atoms with Crippen LogP contribution in [0.2, 0.25) is 5.02 Å². The SMILES string of the molecule is CCCNC(c1ccc(Cl)cc1)c1cnnn1C. The summed E-state index contributed by atoms with van der Waals surface area (Å²) in [5, 5.41) is 12.2. The van der Waals surface area contributed by atoms with Crippen molar-refractivity contribution in [3.63, 3.8) is 0 Å². The van der Waals surface area contributed by atoms with E-state index >= 15 is 0 Å². The summed E-state index contributed by atoms with van der Waals surface area (Å²) in [5.74, 6) is 0. The number of nitrogens with zero attached hydrogens (tertiary/aromatic N) is 3. The van der Waals surface area contributed by atoms with E-state index in [0.717, 1.165) is 23.7 Å². The summed E-state index contributed by atoms with van der Waals surface area (Å²) in [7, 11) is 1.90. The molecule has 0 radical (unpaired) electrons. The summed E-state index contributed by atoms with van der Waals surface area (Å²) in [6, 6.07) is 7.97. The molecule has 0 bridgehead atoms. The molecule has 2 aromatic rings. The van der Waals surface area contributed by atoms with Gasteiger partial charge >= 0.3 is 0 Å². The van der Waals surface area contributed by atoms with Gasteiger partial charge in [0.25, 0.3) is 0 Å². The van der Waals surface area contributed by atoms with Gasteiger partial charge in [0.1, 0.15) is 0 Å². The molecule has 1 aromatic carbocycles. The molecule has 0 fully saturated rings. The van der Waals surface area contributed by atoms with E-state index in [-0.39, 0.29) is 6.04 Å². The van der Waals surface area contributed by atoms with Crippen molar-refractivity contribution in [3.05, 3.63) is 46.7 Å². The number of nitrogens with one attached hydrogen (secondary N) is 1. The van der Waals surface area contributed by atoms with Gasteiger partial charge in [0.15, 0.2) is 0 Å². The topological polar surface area (TPSA) is 42.7 Å². The van der Waals surface area contributed by atoms with Crippen LogP contribution in [0.25, 0.3) is 0 Å². The molecule has 0 amide bonds. The molecule has 4 nitrogen and oxygen atoms in total. The van der Waals surface area contributed by atoms with E-state index in [1.54, 1.807) is 10.9 Å². The lowest BCUT2D eigenvalue weighted by molar-refractivity contribution is 0.550. The zero-order valence-electron chi connectivity index (χ0n) is 10.6. The Hall–Kier alpha value is -1.39. The Labute approximate surface area is 112 Å². The quantitative estimate of drug-likeness (QED) is 0.903. The molecule has 1 aromatic heterocycles. The second-order valence-electron chi connectivity index (χ2n) is 4.22. The highest BCUT2D eigenvalue weighted by molar-refractivity contribution is 6.30. The van der Waals surface area contributed by atoms with Crippen molar-refractivity contribution in [1.29, 1.82) is 0 Å². The molecule has 0 saturated heterocycles.